The lowest BCUT2D eigenvalue weighted by Gasteiger charge is -2.08. The van der Waals surface area contributed by atoms with Gasteiger partial charge in [0, 0.05) is 17.5 Å². The summed E-state index contributed by atoms with van der Waals surface area (Å²) in [7, 11) is 0. The van der Waals surface area contributed by atoms with Crippen molar-refractivity contribution in [3.8, 4) is 0 Å². The van der Waals surface area contributed by atoms with Gasteiger partial charge < -0.3 is 9.63 Å². The first-order valence-electron chi connectivity index (χ1n) is 9.52. The summed E-state index contributed by atoms with van der Waals surface area (Å²) in [4.78, 5) is 21.5. The number of rotatable bonds is 6. The molecule has 3 heterocycles. The Morgan fingerprint density at radius 2 is 1.97 bits per heavy atom. The van der Waals surface area contributed by atoms with Crippen LogP contribution in [-0.4, -0.2) is 34.6 Å². The molecule has 1 aromatic carbocycles. The van der Waals surface area contributed by atoms with Crippen LogP contribution in [0.25, 0.3) is 11.0 Å². The minimum absolute atomic E-state index is 0.0815. The zero-order chi connectivity index (χ0) is 21.4. The molecule has 0 saturated carbocycles. The second kappa shape index (κ2) is 8.00. The number of aliphatic hydroxyl groups excluding tert-OH is 1. The number of benzene rings is 1. The highest BCUT2D eigenvalue weighted by molar-refractivity contribution is 6.30. The van der Waals surface area contributed by atoms with Gasteiger partial charge in [0.25, 0.3) is 5.56 Å². The van der Waals surface area contributed by atoms with Gasteiger partial charge in [-0.25, -0.2) is 4.98 Å². The van der Waals surface area contributed by atoms with Crippen LogP contribution in [0.2, 0.25) is 5.02 Å². The average Bonchev–Trinajstić information content (AvgIpc) is 3.29. The van der Waals surface area contributed by atoms with Crippen LogP contribution >= 0.6 is 11.6 Å². The third kappa shape index (κ3) is 3.86. The van der Waals surface area contributed by atoms with Crippen molar-refractivity contribution in [2.45, 2.75) is 45.9 Å². The Morgan fingerprint density at radius 1 is 1.23 bits per heavy atom. The van der Waals surface area contributed by atoms with Gasteiger partial charge in [0.2, 0.25) is 5.89 Å². The Labute approximate surface area is 176 Å². The van der Waals surface area contributed by atoms with Gasteiger partial charge in [-0.15, -0.1) is 0 Å². The van der Waals surface area contributed by atoms with E-state index in [1.165, 1.54) is 10.9 Å². The molecule has 1 atom stereocenters. The molecule has 3 aromatic heterocycles. The summed E-state index contributed by atoms with van der Waals surface area (Å²) < 4.78 is 8.46. The number of aromatic nitrogens is 6. The molecule has 0 spiro atoms. The van der Waals surface area contributed by atoms with E-state index in [9.17, 15) is 9.90 Å². The maximum absolute atomic E-state index is 12.9. The van der Waals surface area contributed by atoms with E-state index in [4.69, 9.17) is 16.1 Å². The van der Waals surface area contributed by atoms with Crippen molar-refractivity contribution in [2.75, 3.05) is 0 Å². The molecule has 30 heavy (non-hydrogen) atoms. The smallest absolute Gasteiger partial charge is 0.265 e. The van der Waals surface area contributed by atoms with Crippen LogP contribution < -0.4 is 5.56 Å². The number of hydrogen-bond donors (Lipinski definition) is 1. The number of nitrogens with zero attached hydrogens (tertiary/aromatic N) is 6. The van der Waals surface area contributed by atoms with Crippen molar-refractivity contribution in [1.29, 1.82) is 0 Å². The number of hydrogen-bond acceptors (Lipinski definition) is 7. The Hall–Kier alpha value is -3.04. The van der Waals surface area contributed by atoms with Gasteiger partial charge >= 0.3 is 0 Å². The van der Waals surface area contributed by atoms with E-state index in [-0.39, 0.29) is 30.5 Å². The molecule has 0 radical (unpaired) electrons. The van der Waals surface area contributed by atoms with E-state index in [2.05, 4.69) is 20.2 Å². The molecule has 0 aliphatic carbocycles. The lowest BCUT2D eigenvalue weighted by molar-refractivity contribution is 0.174. The van der Waals surface area contributed by atoms with Crippen molar-refractivity contribution in [3.63, 3.8) is 0 Å². The normalized spacial score (nSPS) is 12.7. The number of fused-ring (bicyclic) bond motifs is 1. The molecule has 9 nitrogen and oxygen atoms in total. The van der Waals surface area contributed by atoms with Crippen molar-refractivity contribution >= 4 is 22.6 Å². The van der Waals surface area contributed by atoms with Gasteiger partial charge in [-0.3, -0.25) is 14.0 Å². The first kappa shape index (κ1) is 20.2. The van der Waals surface area contributed by atoms with Crippen molar-refractivity contribution in [1.82, 2.24) is 29.5 Å². The summed E-state index contributed by atoms with van der Waals surface area (Å²) in [5, 5.41) is 19.7. The minimum atomic E-state index is -0.794. The van der Waals surface area contributed by atoms with Crippen LogP contribution in [0.3, 0.4) is 0 Å². The van der Waals surface area contributed by atoms with Crippen LogP contribution in [0, 0.1) is 6.92 Å². The van der Waals surface area contributed by atoms with Gasteiger partial charge in [0.05, 0.1) is 11.8 Å². The van der Waals surface area contributed by atoms with Crippen LogP contribution in [0.1, 0.15) is 49.0 Å². The fourth-order valence-electron chi connectivity index (χ4n) is 3.34. The first-order valence-corrected chi connectivity index (χ1v) is 9.90. The largest absolute Gasteiger partial charge is 0.388 e. The van der Waals surface area contributed by atoms with Crippen LogP contribution in [-0.2, 0) is 13.0 Å². The van der Waals surface area contributed by atoms with Crippen molar-refractivity contribution < 1.29 is 9.63 Å². The van der Waals surface area contributed by atoms with Gasteiger partial charge in [-0.1, -0.05) is 28.9 Å². The van der Waals surface area contributed by atoms with Crippen LogP contribution in [0.5, 0.6) is 0 Å². The molecule has 4 rings (SSSR count). The summed E-state index contributed by atoms with van der Waals surface area (Å²) in [6, 6.07) is 7.03. The third-order valence-corrected chi connectivity index (χ3v) is 5.11. The van der Waals surface area contributed by atoms with Crippen LogP contribution in [0.15, 0.2) is 39.9 Å². The molecule has 10 heteroatoms. The summed E-state index contributed by atoms with van der Waals surface area (Å²) in [5.74, 6) is 0.601. The molecule has 0 saturated heterocycles. The van der Waals surface area contributed by atoms with Gasteiger partial charge in [-0.05, 0) is 38.5 Å². The molecule has 0 bridgehead atoms. The Morgan fingerprint density at radius 3 is 2.67 bits per heavy atom. The van der Waals surface area contributed by atoms with E-state index >= 15 is 0 Å². The van der Waals surface area contributed by atoms with E-state index in [0.29, 0.717) is 27.4 Å². The summed E-state index contributed by atoms with van der Waals surface area (Å²) >= 11 is 5.87. The van der Waals surface area contributed by atoms with E-state index < -0.39 is 6.10 Å². The molecular formula is C20H21ClN6O3. The molecule has 1 N–H and O–H groups in total. The Balaban J connectivity index is 1.54. The van der Waals surface area contributed by atoms with Gasteiger partial charge in [0.15, 0.2) is 11.5 Å². The average molecular weight is 429 g/mol. The summed E-state index contributed by atoms with van der Waals surface area (Å²) in [6.45, 7) is 5.93. The predicted molar refractivity (Wildman–Crippen MR) is 110 cm³/mol. The lowest BCUT2D eigenvalue weighted by Crippen LogP contribution is -2.21. The number of halogens is 1. The maximum atomic E-state index is 12.9. The quantitative estimate of drug-likeness (QED) is 0.502. The SMILES string of the molecule is Cc1c2c(=O)n(Cc3nc(CC(O)c4ccc(Cl)cc4)no3)cnc2nn1C(C)C. The highest BCUT2D eigenvalue weighted by Gasteiger charge is 2.18. The summed E-state index contributed by atoms with van der Waals surface area (Å²) in [6.07, 6.45) is 0.809. The maximum Gasteiger partial charge on any atom is 0.265 e. The van der Waals surface area contributed by atoms with Gasteiger partial charge in [-0.2, -0.15) is 10.1 Å². The topological polar surface area (TPSA) is 112 Å². The van der Waals surface area contributed by atoms with E-state index in [0.717, 1.165) is 5.69 Å². The van der Waals surface area contributed by atoms with Crippen molar-refractivity contribution in [3.05, 3.63) is 68.9 Å². The highest BCUT2D eigenvalue weighted by Crippen LogP contribution is 2.20. The van der Waals surface area contributed by atoms with Gasteiger partial charge in [0.1, 0.15) is 18.3 Å². The summed E-state index contributed by atoms with van der Waals surface area (Å²) in [5.41, 5.74) is 1.67. The number of aryl methyl sites for hydroxylation is 1. The zero-order valence-corrected chi connectivity index (χ0v) is 17.5. The van der Waals surface area contributed by atoms with Crippen LogP contribution in [0.4, 0.5) is 0 Å². The Bertz CT molecular complexity index is 1240. The molecular weight excluding hydrogens is 408 g/mol. The first-order chi connectivity index (χ1) is 14.3. The fourth-order valence-corrected chi connectivity index (χ4v) is 3.46. The fraction of sp³-hybridized carbons (Fsp3) is 0.350. The van der Waals surface area contributed by atoms with Crippen molar-refractivity contribution in [2.24, 2.45) is 0 Å². The molecule has 0 fully saturated rings. The third-order valence-electron chi connectivity index (χ3n) is 4.86. The molecule has 1 unspecified atom stereocenters. The second-order valence-corrected chi connectivity index (χ2v) is 7.81. The predicted octanol–water partition coefficient (Wildman–Crippen LogP) is 2.84. The zero-order valence-electron chi connectivity index (χ0n) is 16.8. The second-order valence-electron chi connectivity index (χ2n) is 7.38. The molecule has 0 amide bonds. The molecule has 4 aromatic rings. The molecule has 0 aliphatic heterocycles. The van der Waals surface area contributed by atoms with E-state index in [1.807, 2.05) is 20.8 Å². The monoisotopic (exact) mass is 428 g/mol. The minimum Gasteiger partial charge on any atom is -0.388 e. The standard InChI is InChI=1S/C20H21ClN6O3/c1-11(2)27-12(3)18-19(24-27)22-10-26(20(18)29)9-17-23-16(25-30-17)8-15(28)13-4-6-14(21)7-5-13/h4-7,10-11,15,28H,8-9H2,1-3H3. The molecule has 0 aliphatic rings. The highest BCUT2D eigenvalue weighted by atomic mass is 35.5. The Kier molecular flexibility index (Phi) is 5.40. The van der Waals surface area contributed by atoms with E-state index in [1.54, 1.807) is 28.9 Å². The lowest BCUT2D eigenvalue weighted by atomic mass is 10.1. The molecule has 156 valence electrons. The number of aliphatic hydroxyl groups is 1.